The van der Waals surface area contributed by atoms with Gasteiger partial charge in [0.25, 0.3) is 0 Å². The minimum absolute atomic E-state index is 0.244. The third-order valence-corrected chi connectivity index (χ3v) is 2.28. The van der Waals surface area contributed by atoms with Crippen LogP contribution < -0.4 is 0 Å². The summed E-state index contributed by atoms with van der Waals surface area (Å²) >= 11 is 0. The summed E-state index contributed by atoms with van der Waals surface area (Å²) in [5.41, 5.74) is 0. The van der Waals surface area contributed by atoms with E-state index >= 15 is 0 Å². The SMILES string of the molecule is C/C=C/C=C/C(=O)OCCCCCCCC. The second kappa shape index (κ2) is 12.0. The van der Waals surface area contributed by atoms with E-state index in [2.05, 4.69) is 6.92 Å². The summed E-state index contributed by atoms with van der Waals surface area (Å²) < 4.78 is 5.04. The molecule has 0 aliphatic rings. The zero-order valence-corrected chi connectivity index (χ0v) is 10.6. The summed E-state index contributed by atoms with van der Waals surface area (Å²) in [7, 11) is 0. The van der Waals surface area contributed by atoms with E-state index in [1.165, 1.54) is 31.8 Å². The van der Waals surface area contributed by atoms with E-state index in [4.69, 9.17) is 4.74 Å². The van der Waals surface area contributed by atoms with Gasteiger partial charge in [-0.3, -0.25) is 0 Å². The van der Waals surface area contributed by atoms with Gasteiger partial charge < -0.3 is 4.74 Å². The quantitative estimate of drug-likeness (QED) is 0.256. The summed E-state index contributed by atoms with van der Waals surface area (Å²) in [6.07, 6.45) is 14.1. The number of unbranched alkanes of at least 4 members (excludes halogenated alkanes) is 5. The minimum Gasteiger partial charge on any atom is -0.463 e. The lowest BCUT2D eigenvalue weighted by atomic mass is 10.1. The van der Waals surface area contributed by atoms with Gasteiger partial charge in [0.05, 0.1) is 6.61 Å². The molecule has 0 N–H and O–H groups in total. The van der Waals surface area contributed by atoms with Gasteiger partial charge in [0.1, 0.15) is 0 Å². The minimum atomic E-state index is -0.244. The van der Waals surface area contributed by atoms with Crippen molar-refractivity contribution in [3.8, 4) is 0 Å². The second-order valence-corrected chi connectivity index (χ2v) is 3.82. The molecular formula is C14H24O2. The molecule has 2 nitrogen and oxygen atoms in total. The van der Waals surface area contributed by atoms with Crippen LogP contribution in [0.5, 0.6) is 0 Å². The van der Waals surface area contributed by atoms with Crippen LogP contribution in [0, 0.1) is 0 Å². The topological polar surface area (TPSA) is 26.3 Å². The van der Waals surface area contributed by atoms with Crippen LogP contribution in [0.15, 0.2) is 24.3 Å². The number of rotatable bonds is 9. The molecule has 0 unspecified atom stereocenters. The van der Waals surface area contributed by atoms with Gasteiger partial charge >= 0.3 is 5.97 Å². The van der Waals surface area contributed by atoms with Crippen LogP contribution in [0.2, 0.25) is 0 Å². The smallest absolute Gasteiger partial charge is 0.330 e. The van der Waals surface area contributed by atoms with Crippen molar-refractivity contribution >= 4 is 5.97 Å². The normalized spacial score (nSPS) is 11.4. The fourth-order valence-corrected chi connectivity index (χ4v) is 1.35. The second-order valence-electron chi connectivity index (χ2n) is 3.82. The van der Waals surface area contributed by atoms with E-state index < -0.39 is 0 Å². The third kappa shape index (κ3) is 11.0. The Bertz CT molecular complexity index is 217. The van der Waals surface area contributed by atoms with Crippen molar-refractivity contribution in [3.05, 3.63) is 24.3 Å². The van der Waals surface area contributed by atoms with Crippen LogP contribution in [-0.2, 0) is 9.53 Å². The summed E-state index contributed by atoms with van der Waals surface area (Å²) in [5.74, 6) is -0.244. The van der Waals surface area contributed by atoms with Crippen molar-refractivity contribution in [1.82, 2.24) is 0 Å². The van der Waals surface area contributed by atoms with E-state index in [9.17, 15) is 4.79 Å². The van der Waals surface area contributed by atoms with E-state index in [0.29, 0.717) is 6.61 Å². The molecule has 0 amide bonds. The first-order valence-electron chi connectivity index (χ1n) is 6.27. The molecule has 0 saturated carbocycles. The molecule has 2 heteroatoms. The summed E-state index contributed by atoms with van der Waals surface area (Å²) in [6, 6.07) is 0. The van der Waals surface area contributed by atoms with Gasteiger partial charge in [0, 0.05) is 6.08 Å². The van der Waals surface area contributed by atoms with Gasteiger partial charge in [0.2, 0.25) is 0 Å². The lowest BCUT2D eigenvalue weighted by molar-refractivity contribution is -0.137. The van der Waals surface area contributed by atoms with Gasteiger partial charge in [-0.25, -0.2) is 4.79 Å². The van der Waals surface area contributed by atoms with Crippen LogP contribution in [0.3, 0.4) is 0 Å². The Morgan fingerprint density at radius 2 is 1.75 bits per heavy atom. The molecule has 0 rings (SSSR count). The fourth-order valence-electron chi connectivity index (χ4n) is 1.35. The summed E-state index contributed by atoms with van der Waals surface area (Å²) in [5, 5.41) is 0. The highest BCUT2D eigenvalue weighted by atomic mass is 16.5. The van der Waals surface area contributed by atoms with Crippen LogP contribution in [0.4, 0.5) is 0 Å². The molecule has 0 saturated heterocycles. The molecule has 0 aromatic rings. The third-order valence-electron chi connectivity index (χ3n) is 2.28. The molecular weight excluding hydrogens is 200 g/mol. The maximum absolute atomic E-state index is 11.1. The average molecular weight is 224 g/mol. The molecule has 16 heavy (non-hydrogen) atoms. The van der Waals surface area contributed by atoms with Gasteiger partial charge in [-0.05, 0) is 13.3 Å². The number of carbonyl (C=O) groups excluding carboxylic acids is 1. The van der Waals surface area contributed by atoms with Gasteiger partial charge in [-0.2, -0.15) is 0 Å². The first-order valence-corrected chi connectivity index (χ1v) is 6.27. The molecule has 0 aromatic carbocycles. The zero-order chi connectivity index (χ0) is 12.1. The first-order chi connectivity index (χ1) is 7.81. The number of ether oxygens (including phenoxy) is 1. The van der Waals surface area contributed by atoms with E-state index in [1.54, 1.807) is 6.08 Å². The zero-order valence-electron chi connectivity index (χ0n) is 10.6. The highest BCUT2D eigenvalue weighted by Gasteiger charge is 1.95. The number of allylic oxidation sites excluding steroid dienone is 3. The lowest BCUT2D eigenvalue weighted by Crippen LogP contribution is -2.01. The lowest BCUT2D eigenvalue weighted by Gasteiger charge is -2.01. The Hall–Kier alpha value is -1.05. The molecule has 0 aliphatic carbocycles. The molecule has 0 bridgehead atoms. The average Bonchev–Trinajstić information content (AvgIpc) is 2.28. The van der Waals surface area contributed by atoms with E-state index in [-0.39, 0.29) is 5.97 Å². The van der Waals surface area contributed by atoms with Crippen molar-refractivity contribution < 1.29 is 9.53 Å². The molecule has 0 radical (unpaired) electrons. The van der Waals surface area contributed by atoms with E-state index in [1.807, 2.05) is 19.1 Å². The van der Waals surface area contributed by atoms with Crippen LogP contribution >= 0.6 is 0 Å². The largest absolute Gasteiger partial charge is 0.463 e. The maximum atomic E-state index is 11.1. The van der Waals surface area contributed by atoms with Crippen LogP contribution in [-0.4, -0.2) is 12.6 Å². The van der Waals surface area contributed by atoms with Crippen molar-refractivity contribution in [2.75, 3.05) is 6.61 Å². The summed E-state index contributed by atoms with van der Waals surface area (Å²) in [4.78, 5) is 11.1. The molecule has 0 atom stereocenters. The Balaban J connectivity index is 3.28. The van der Waals surface area contributed by atoms with Crippen molar-refractivity contribution in [2.24, 2.45) is 0 Å². The fraction of sp³-hybridized carbons (Fsp3) is 0.643. The van der Waals surface area contributed by atoms with Crippen molar-refractivity contribution in [2.45, 2.75) is 52.4 Å². The van der Waals surface area contributed by atoms with Crippen LogP contribution in [0.25, 0.3) is 0 Å². The van der Waals surface area contributed by atoms with Crippen molar-refractivity contribution in [1.29, 1.82) is 0 Å². The Morgan fingerprint density at radius 3 is 2.44 bits per heavy atom. The first kappa shape index (κ1) is 14.9. The van der Waals surface area contributed by atoms with E-state index in [0.717, 1.165) is 12.8 Å². The molecule has 0 aromatic heterocycles. The maximum Gasteiger partial charge on any atom is 0.330 e. The number of hydrogen-bond donors (Lipinski definition) is 0. The number of hydrogen-bond acceptors (Lipinski definition) is 2. The Labute approximate surface area is 99.4 Å². The van der Waals surface area contributed by atoms with Gasteiger partial charge in [0.15, 0.2) is 0 Å². The molecule has 92 valence electrons. The molecule has 0 heterocycles. The number of esters is 1. The Morgan fingerprint density at radius 1 is 1.06 bits per heavy atom. The monoisotopic (exact) mass is 224 g/mol. The predicted molar refractivity (Wildman–Crippen MR) is 68.3 cm³/mol. The van der Waals surface area contributed by atoms with Crippen molar-refractivity contribution in [3.63, 3.8) is 0 Å². The number of carbonyl (C=O) groups is 1. The Kier molecular flexibility index (Phi) is 11.2. The van der Waals surface area contributed by atoms with Gasteiger partial charge in [-0.1, -0.05) is 57.3 Å². The molecule has 0 aliphatic heterocycles. The highest BCUT2D eigenvalue weighted by molar-refractivity contribution is 5.82. The van der Waals surface area contributed by atoms with Gasteiger partial charge in [-0.15, -0.1) is 0 Å². The summed E-state index contributed by atoms with van der Waals surface area (Å²) in [6.45, 7) is 4.66. The molecule has 0 spiro atoms. The van der Waals surface area contributed by atoms with Crippen LogP contribution in [0.1, 0.15) is 52.4 Å². The standard InChI is InChI=1S/C14H24O2/c1-3-5-7-8-9-11-13-16-14(15)12-10-6-4-2/h4,6,10,12H,3,5,7-9,11,13H2,1-2H3/b6-4+,12-10+. The predicted octanol–water partition coefficient (Wildman–Crippen LogP) is 4.02. The highest BCUT2D eigenvalue weighted by Crippen LogP contribution is 2.04. The molecule has 0 fully saturated rings.